The summed E-state index contributed by atoms with van der Waals surface area (Å²) in [6, 6.07) is 5.31. The Labute approximate surface area is 192 Å². The van der Waals surface area contributed by atoms with Crippen LogP contribution >= 0.6 is 0 Å². The fourth-order valence-corrected chi connectivity index (χ4v) is 2.99. The fourth-order valence-electron chi connectivity index (χ4n) is 2.99. The van der Waals surface area contributed by atoms with Gasteiger partial charge in [-0.3, -0.25) is 19.4 Å². The maximum absolute atomic E-state index is 12.5. The Bertz CT molecular complexity index is 1260. The molecule has 178 valence electrons. The van der Waals surface area contributed by atoms with Crippen LogP contribution in [0.15, 0.2) is 35.3 Å². The molecule has 1 unspecified atom stereocenters. The Hall–Kier alpha value is -4.55. The average Bonchev–Trinajstić information content (AvgIpc) is 2.80. The van der Waals surface area contributed by atoms with E-state index < -0.39 is 29.4 Å². The number of nitrogen functional groups attached to an aromatic ring is 1. The van der Waals surface area contributed by atoms with Crippen LogP contribution in [0.5, 0.6) is 0 Å². The molecule has 0 saturated heterocycles. The van der Waals surface area contributed by atoms with E-state index in [1.165, 1.54) is 6.20 Å². The number of aromatic nitrogens is 4. The summed E-state index contributed by atoms with van der Waals surface area (Å²) >= 11 is 0. The zero-order valence-electron chi connectivity index (χ0n) is 18.2. The number of aliphatic carboxylic acids is 1. The van der Waals surface area contributed by atoms with Crippen molar-refractivity contribution >= 4 is 40.6 Å². The summed E-state index contributed by atoms with van der Waals surface area (Å²) in [6.45, 7) is 1.98. The van der Waals surface area contributed by atoms with Crippen LogP contribution in [0.3, 0.4) is 0 Å². The molecular formula is C21H23N7O6. The van der Waals surface area contributed by atoms with E-state index >= 15 is 0 Å². The molecule has 2 aromatic heterocycles. The summed E-state index contributed by atoms with van der Waals surface area (Å²) in [5.41, 5.74) is 6.64. The number of hydrogen-bond acceptors (Lipinski definition) is 10. The monoisotopic (exact) mass is 469 g/mol. The van der Waals surface area contributed by atoms with E-state index in [0.717, 1.165) is 0 Å². The molecule has 0 fully saturated rings. The first-order valence-corrected chi connectivity index (χ1v) is 10.3. The molecule has 0 spiro atoms. The van der Waals surface area contributed by atoms with Crippen LogP contribution in [0.25, 0.3) is 11.2 Å². The van der Waals surface area contributed by atoms with E-state index in [1.807, 2.05) is 0 Å². The van der Waals surface area contributed by atoms with Crippen molar-refractivity contribution in [2.45, 2.75) is 32.4 Å². The van der Waals surface area contributed by atoms with E-state index in [0.29, 0.717) is 11.4 Å². The fraction of sp³-hybridized carbons (Fsp3) is 0.286. The number of hydrogen-bond donors (Lipinski definition) is 5. The molecule has 3 aromatic rings. The van der Waals surface area contributed by atoms with Crippen molar-refractivity contribution in [1.29, 1.82) is 0 Å². The number of ether oxygens (including phenoxy) is 1. The van der Waals surface area contributed by atoms with Gasteiger partial charge in [0.2, 0.25) is 5.95 Å². The Kier molecular flexibility index (Phi) is 7.69. The molecule has 0 aliphatic carbocycles. The standard InChI is InChI=1S/C21H23N7O6/c1-2-34-20(33)14(7-8-15(29)30)26-18(31)11-3-5-12(6-4-11)23-9-13-10-24-17-16(25-13)19(32)28-21(22)27-17/h3-6,10,14,23H,2,7-9H2,1H3,(H,26,31)(H,29,30)(H3,22,24,27,28,32). The average molecular weight is 469 g/mol. The van der Waals surface area contributed by atoms with Crippen molar-refractivity contribution in [3.8, 4) is 0 Å². The highest BCUT2D eigenvalue weighted by molar-refractivity contribution is 5.97. The van der Waals surface area contributed by atoms with Gasteiger partial charge < -0.3 is 26.2 Å². The number of rotatable bonds is 10. The molecule has 13 nitrogen and oxygen atoms in total. The third-order valence-electron chi connectivity index (χ3n) is 4.63. The van der Waals surface area contributed by atoms with Gasteiger partial charge in [0, 0.05) is 17.7 Å². The minimum atomic E-state index is -1.08. The second kappa shape index (κ2) is 10.8. The highest BCUT2D eigenvalue weighted by Crippen LogP contribution is 2.12. The molecule has 2 heterocycles. The lowest BCUT2D eigenvalue weighted by molar-refractivity contribution is -0.146. The first kappa shape index (κ1) is 24.1. The van der Waals surface area contributed by atoms with Crippen molar-refractivity contribution in [2.24, 2.45) is 0 Å². The van der Waals surface area contributed by atoms with Gasteiger partial charge in [-0.15, -0.1) is 0 Å². The molecule has 0 radical (unpaired) electrons. The van der Waals surface area contributed by atoms with E-state index in [9.17, 15) is 19.2 Å². The van der Waals surface area contributed by atoms with E-state index in [2.05, 4.69) is 30.6 Å². The van der Waals surface area contributed by atoms with Crippen molar-refractivity contribution in [3.63, 3.8) is 0 Å². The lowest BCUT2D eigenvalue weighted by atomic mass is 10.1. The number of carbonyl (C=O) groups is 3. The van der Waals surface area contributed by atoms with Crippen LogP contribution in [0.4, 0.5) is 11.6 Å². The number of nitrogens with one attached hydrogen (secondary N) is 3. The Morgan fingerprint density at radius 3 is 2.62 bits per heavy atom. The number of anilines is 2. The Morgan fingerprint density at radius 1 is 1.21 bits per heavy atom. The molecule has 0 aliphatic rings. The maximum Gasteiger partial charge on any atom is 0.328 e. The largest absolute Gasteiger partial charge is 0.481 e. The van der Waals surface area contributed by atoms with Crippen LogP contribution in [0.1, 0.15) is 35.8 Å². The number of H-pyrrole nitrogens is 1. The molecule has 6 N–H and O–H groups in total. The molecule has 34 heavy (non-hydrogen) atoms. The van der Waals surface area contributed by atoms with Crippen LogP contribution in [-0.2, 0) is 20.9 Å². The number of fused-ring (bicyclic) bond motifs is 1. The summed E-state index contributed by atoms with van der Waals surface area (Å²) in [4.78, 5) is 62.0. The number of aromatic amines is 1. The normalized spacial score (nSPS) is 11.6. The summed E-state index contributed by atoms with van der Waals surface area (Å²) in [6.07, 6.45) is 1.09. The number of carboxylic acids is 1. The van der Waals surface area contributed by atoms with E-state index in [4.69, 9.17) is 15.6 Å². The predicted octanol–water partition coefficient (Wildman–Crippen LogP) is 0.434. The second-order valence-corrected chi connectivity index (χ2v) is 7.13. The maximum atomic E-state index is 12.5. The molecule has 0 aliphatic heterocycles. The molecule has 1 amide bonds. The highest BCUT2D eigenvalue weighted by Gasteiger charge is 2.23. The first-order chi connectivity index (χ1) is 16.3. The third kappa shape index (κ3) is 6.25. The summed E-state index contributed by atoms with van der Waals surface area (Å²) in [5, 5.41) is 14.5. The van der Waals surface area contributed by atoms with Gasteiger partial charge in [-0.2, -0.15) is 4.98 Å². The predicted molar refractivity (Wildman–Crippen MR) is 121 cm³/mol. The van der Waals surface area contributed by atoms with Gasteiger partial charge in [0.25, 0.3) is 11.5 Å². The lowest BCUT2D eigenvalue weighted by Gasteiger charge is -2.16. The van der Waals surface area contributed by atoms with Gasteiger partial charge in [0.1, 0.15) is 6.04 Å². The molecule has 1 aromatic carbocycles. The number of carboxylic acid groups (broad SMARTS) is 1. The van der Waals surface area contributed by atoms with Crippen molar-refractivity contribution in [2.75, 3.05) is 17.7 Å². The minimum Gasteiger partial charge on any atom is -0.481 e. The number of benzene rings is 1. The summed E-state index contributed by atoms with van der Waals surface area (Å²) in [7, 11) is 0. The minimum absolute atomic E-state index is 0.0442. The number of nitrogens with two attached hydrogens (primary N) is 1. The van der Waals surface area contributed by atoms with E-state index in [-0.39, 0.29) is 48.7 Å². The zero-order valence-corrected chi connectivity index (χ0v) is 18.2. The molecule has 0 bridgehead atoms. The molecule has 13 heteroatoms. The summed E-state index contributed by atoms with van der Waals surface area (Å²) < 4.78 is 4.91. The second-order valence-electron chi connectivity index (χ2n) is 7.13. The topological polar surface area (TPSA) is 202 Å². The number of carbonyl (C=O) groups excluding carboxylic acids is 2. The first-order valence-electron chi connectivity index (χ1n) is 10.3. The molecular weight excluding hydrogens is 446 g/mol. The van der Waals surface area contributed by atoms with Crippen molar-refractivity contribution in [1.82, 2.24) is 25.3 Å². The zero-order chi connectivity index (χ0) is 24.7. The van der Waals surface area contributed by atoms with Crippen molar-refractivity contribution < 1.29 is 24.2 Å². The number of nitrogens with zero attached hydrogens (tertiary/aromatic N) is 3. The molecule has 1 atom stereocenters. The van der Waals surface area contributed by atoms with E-state index in [1.54, 1.807) is 31.2 Å². The van der Waals surface area contributed by atoms with Crippen LogP contribution < -0.4 is 21.9 Å². The lowest BCUT2D eigenvalue weighted by Crippen LogP contribution is -2.42. The van der Waals surface area contributed by atoms with Crippen molar-refractivity contribution in [3.05, 3.63) is 52.1 Å². The molecule has 3 rings (SSSR count). The van der Waals surface area contributed by atoms with Gasteiger partial charge in [0.05, 0.1) is 25.0 Å². The smallest absolute Gasteiger partial charge is 0.328 e. The van der Waals surface area contributed by atoms with Gasteiger partial charge in [-0.05, 0) is 37.6 Å². The number of amides is 1. The Morgan fingerprint density at radius 2 is 1.94 bits per heavy atom. The SMILES string of the molecule is CCOC(=O)C(CCC(=O)O)NC(=O)c1ccc(NCc2cnc3nc(N)[nH]c(=O)c3n2)cc1. The Balaban J connectivity index is 1.63. The van der Waals surface area contributed by atoms with Gasteiger partial charge in [-0.25, -0.2) is 14.8 Å². The quantitative estimate of drug-likeness (QED) is 0.258. The highest BCUT2D eigenvalue weighted by atomic mass is 16.5. The van der Waals surface area contributed by atoms with Gasteiger partial charge in [-0.1, -0.05) is 0 Å². The van der Waals surface area contributed by atoms with Crippen LogP contribution in [0, 0.1) is 0 Å². The van der Waals surface area contributed by atoms with Crippen LogP contribution in [-0.4, -0.2) is 55.5 Å². The third-order valence-corrected chi connectivity index (χ3v) is 4.63. The van der Waals surface area contributed by atoms with Gasteiger partial charge in [0.15, 0.2) is 11.2 Å². The summed E-state index contributed by atoms with van der Waals surface area (Å²) in [5.74, 6) is -2.36. The number of esters is 1. The van der Waals surface area contributed by atoms with Crippen LogP contribution in [0.2, 0.25) is 0 Å². The molecule has 0 saturated carbocycles. The van der Waals surface area contributed by atoms with Gasteiger partial charge >= 0.3 is 11.9 Å².